The molecule has 0 aliphatic heterocycles. The minimum Gasteiger partial charge on any atom is -0.507 e. The van der Waals surface area contributed by atoms with Gasteiger partial charge >= 0.3 is 5.97 Å². The second-order valence-electron chi connectivity index (χ2n) is 6.14. The van der Waals surface area contributed by atoms with Crippen molar-refractivity contribution in [1.29, 1.82) is 0 Å². The van der Waals surface area contributed by atoms with E-state index in [0.29, 0.717) is 39.0 Å². The van der Waals surface area contributed by atoms with Gasteiger partial charge in [0.1, 0.15) is 5.76 Å². The van der Waals surface area contributed by atoms with Gasteiger partial charge in [0.15, 0.2) is 10.6 Å². The van der Waals surface area contributed by atoms with Gasteiger partial charge in [-0.3, -0.25) is 9.67 Å². The molecule has 1 atom stereocenters. The fraction of sp³-hybridized carbons (Fsp3) is 0.105. The predicted molar refractivity (Wildman–Crippen MR) is 103 cm³/mol. The van der Waals surface area contributed by atoms with Crippen LogP contribution in [0.4, 0.5) is 0 Å². The van der Waals surface area contributed by atoms with E-state index in [9.17, 15) is 20.1 Å². The summed E-state index contributed by atoms with van der Waals surface area (Å²) in [5, 5.41) is 37.6. The van der Waals surface area contributed by atoms with Gasteiger partial charge in [0.25, 0.3) is 0 Å². The van der Waals surface area contributed by atoms with E-state index in [1.165, 1.54) is 12.1 Å². The number of fused-ring (bicyclic) bond motifs is 1. The highest BCUT2D eigenvalue weighted by atomic mass is 32.1. The van der Waals surface area contributed by atoms with Gasteiger partial charge in [-0.2, -0.15) is 5.10 Å². The Morgan fingerprint density at radius 2 is 1.96 bits per heavy atom. The highest BCUT2D eigenvalue weighted by Gasteiger charge is 2.22. The molecule has 0 fully saturated rings. The Morgan fingerprint density at radius 1 is 1.22 bits per heavy atom. The fourth-order valence-electron chi connectivity index (χ4n) is 3.25. The summed E-state index contributed by atoms with van der Waals surface area (Å²) in [6.07, 6.45) is 2.63. The number of carboxylic acids is 1. The van der Waals surface area contributed by atoms with Gasteiger partial charge in [-0.15, -0.1) is 0 Å². The van der Waals surface area contributed by atoms with Crippen molar-refractivity contribution in [3.05, 3.63) is 70.5 Å². The third-order valence-corrected chi connectivity index (χ3v) is 4.75. The van der Waals surface area contributed by atoms with Crippen LogP contribution in [0.5, 0.6) is 0 Å². The van der Waals surface area contributed by atoms with Crippen LogP contribution in [-0.2, 0) is 0 Å². The normalized spacial score (nSPS) is 16.9. The maximum absolute atomic E-state index is 11.5. The van der Waals surface area contributed by atoms with Crippen LogP contribution in [0.3, 0.4) is 0 Å². The number of aromatic nitrogens is 3. The summed E-state index contributed by atoms with van der Waals surface area (Å²) in [5.74, 6) is -0.720. The average Bonchev–Trinajstić information content (AvgIpc) is 3.01. The lowest BCUT2D eigenvalue weighted by Gasteiger charge is -2.16. The number of aliphatic hydroxyl groups excluding tert-OH is 2. The summed E-state index contributed by atoms with van der Waals surface area (Å²) >= 11 is 5.38. The molecule has 136 valence electrons. The number of hydrogen-bond donors (Lipinski definition) is 4. The first-order valence-electron chi connectivity index (χ1n) is 8.20. The molecular formula is C19H15N3O4S. The molecule has 1 aromatic heterocycles. The summed E-state index contributed by atoms with van der Waals surface area (Å²) in [6.45, 7) is 0. The van der Waals surface area contributed by atoms with Gasteiger partial charge in [-0.05, 0) is 42.2 Å². The van der Waals surface area contributed by atoms with Crippen LogP contribution < -0.4 is 0 Å². The molecule has 7 nitrogen and oxygen atoms in total. The average molecular weight is 381 g/mol. The number of carbonyl (C=O) groups is 1. The number of carboxylic acid groups (broad SMARTS) is 1. The Kier molecular flexibility index (Phi) is 4.14. The lowest BCUT2D eigenvalue weighted by atomic mass is 10.0. The maximum atomic E-state index is 11.5. The topological polar surface area (TPSA) is 111 Å². The summed E-state index contributed by atoms with van der Waals surface area (Å²) in [5.41, 5.74) is 1.27. The predicted octanol–water partition coefficient (Wildman–Crippen LogP) is 3.37. The number of rotatable bonds is 3. The van der Waals surface area contributed by atoms with Crippen LogP contribution in [0.25, 0.3) is 22.0 Å². The smallest absolute Gasteiger partial charge is 0.336 e. The number of aromatic amines is 1. The lowest BCUT2D eigenvalue weighted by molar-refractivity contribution is 0.0699. The molecule has 0 saturated heterocycles. The number of nitrogens with zero attached hydrogens (tertiary/aromatic N) is 2. The molecule has 1 aliphatic carbocycles. The highest BCUT2D eigenvalue weighted by Crippen LogP contribution is 2.31. The number of aliphatic hydroxyl groups is 2. The zero-order chi connectivity index (χ0) is 19.1. The third kappa shape index (κ3) is 2.84. The SMILES string of the molecule is O=C(O)c1ccc(-n2c(C3=CCC(O)C=C3O)n[nH]c2=S)c2ccccc12. The van der Waals surface area contributed by atoms with Crippen molar-refractivity contribution in [2.75, 3.05) is 0 Å². The van der Waals surface area contributed by atoms with Gasteiger partial charge in [-0.1, -0.05) is 30.3 Å². The van der Waals surface area contributed by atoms with Crippen molar-refractivity contribution in [3.8, 4) is 5.69 Å². The van der Waals surface area contributed by atoms with Crippen molar-refractivity contribution in [1.82, 2.24) is 14.8 Å². The van der Waals surface area contributed by atoms with E-state index >= 15 is 0 Å². The summed E-state index contributed by atoms with van der Waals surface area (Å²) in [7, 11) is 0. The second kappa shape index (κ2) is 6.49. The quantitative estimate of drug-likeness (QED) is 0.518. The number of aromatic carboxylic acids is 1. The first-order chi connectivity index (χ1) is 13.0. The van der Waals surface area contributed by atoms with Crippen LogP contribution in [-0.4, -0.2) is 42.2 Å². The Hall–Kier alpha value is -3.23. The molecule has 0 spiro atoms. The van der Waals surface area contributed by atoms with Gasteiger partial charge in [0.2, 0.25) is 0 Å². The van der Waals surface area contributed by atoms with Gasteiger partial charge in [0.05, 0.1) is 22.9 Å². The van der Waals surface area contributed by atoms with Crippen molar-refractivity contribution in [2.45, 2.75) is 12.5 Å². The minimum absolute atomic E-state index is 0.0875. The molecule has 8 heteroatoms. The van der Waals surface area contributed by atoms with E-state index in [1.807, 2.05) is 12.1 Å². The van der Waals surface area contributed by atoms with Crippen molar-refractivity contribution >= 4 is 34.5 Å². The minimum atomic E-state index is -1.02. The summed E-state index contributed by atoms with van der Waals surface area (Å²) in [6, 6.07) is 10.3. The van der Waals surface area contributed by atoms with Gasteiger partial charge in [-0.25, -0.2) is 4.79 Å². The monoisotopic (exact) mass is 381 g/mol. The van der Waals surface area contributed by atoms with Crippen LogP contribution in [0.2, 0.25) is 0 Å². The third-order valence-electron chi connectivity index (χ3n) is 4.48. The molecule has 2 aromatic carbocycles. The van der Waals surface area contributed by atoms with Gasteiger partial charge < -0.3 is 15.3 Å². The van der Waals surface area contributed by atoms with Gasteiger partial charge in [0, 0.05) is 5.39 Å². The first kappa shape index (κ1) is 17.2. The van der Waals surface area contributed by atoms with Crippen molar-refractivity contribution < 1.29 is 20.1 Å². The standard InChI is InChI=1S/C19H15N3O4S/c23-10-5-6-14(16(24)9-10)17-20-21-19(27)22(17)15-8-7-13(18(25)26)11-3-1-2-4-12(11)15/h1-4,6-10,23-24H,5H2,(H,21,27)(H,25,26). The second-order valence-corrected chi connectivity index (χ2v) is 6.53. The van der Waals surface area contributed by atoms with Crippen LogP contribution in [0.1, 0.15) is 22.6 Å². The Morgan fingerprint density at radius 3 is 2.67 bits per heavy atom. The van der Waals surface area contributed by atoms with E-state index in [-0.39, 0.29) is 11.3 Å². The molecule has 4 rings (SSSR count). The van der Waals surface area contributed by atoms with Crippen molar-refractivity contribution in [3.63, 3.8) is 0 Å². The van der Waals surface area contributed by atoms with Crippen LogP contribution in [0, 0.1) is 4.77 Å². The molecule has 1 aliphatic rings. The lowest BCUT2D eigenvalue weighted by Crippen LogP contribution is -2.11. The molecule has 27 heavy (non-hydrogen) atoms. The zero-order valence-electron chi connectivity index (χ0n) is 14.0. The molecule has 1 unspecified atom stereocenters. The Balaban J connectivity index is 1.98. The fourth-order valence-corrected chi connectivity index (χ4v) is 3.49. The first-order valence-corrected chi connectivity index (χ1v) is 8.61. The van der Waals surface area contributed by atoms with Crippen LogP contribution >= 0.6 is 12.2 Å². The number of nitrogens with one attached hydrogen (secondary N) is 1. The van der Waals surface area contributed by atoms with E-state index in [1.54, 1.807) is 28.8 Å². The van der Waals surface area contributed by atoms with Crippen molar-refractivity contribution in [2.24, 2.45) is 0 Å². The van der Waals surface area contributed by atoms with Crippen LogP contribution in [0.15, 0.2) is 54.3 Å². The molecule has 3 aromatic rings. The van der Waals surface area contributed by atoms with E-state index in [2.05, 4.69) is 10.2 Å². The number of H-pyrrole nitrogens is 1. The molecule has 0 saturated carbocycles. The Bertz CT molecular complexity index is 1190. The summed E-state index contributed by atoms with van der Waals surface area (Å²) in [4.78, 5) is 11.5. The largest absolute Gasteiger partial charge is 0.507 e. The molecule has 4 N–H and O–H groups in total. The zero-order valence-corrected chi connectivity index (χ0v) is 14.8. The van der Waals surface area contributed by atoms with E-state index in [0.717, 1.165) is 0 Å². The molecular weight excluding hydrogens is 366 g/mol. The number of hydrogen-bond acceptors (Lipinski definition) is 5. The summed E-state index contributed by atoms with van der Waals surface area (Å²) < 4.78 is 1.95. The molecule has 0 radical (unpaired) electrons. The Labute approximate surface area is 158 Å². The molecule has 1 heterocycles. The number of allylic oxidation sites excluding steroid dienone is 1. The molecule has 0 amide bonds. The van der Waals surface area contributed by atoms with E-state index < -0.39 is 12.1 Å². The number of benzene rings is 2. The maximum Gasteiger partial charge on any atom is 0.336 e. The molecule has 0 bridgehead atoms. The highest BCUT2D eigenvalue weighted by molar-refractivity contribution is 7.71. The van der Waals surface area contributed by atoms with E-state index in [4.69, 9.17) is 12.2 Å².